The molecule has 1 heterocycles. The average Bonchev–Trinajstić information content (AvgIpc) is 3.64. The summed E-state index contributed by atoms with van der Waals surface area (Å²) in [5, 5.41) is 7.70. The van der Waals surface area contributed by atoms with Crippen LogP contribution in [-0.2, 0) is 0 Å². The second kappa shape index (κ2) is 15.8. The van der Waals surface area contributed by atoms with E-state index in [1.54, 1.807) is 0 Å². The van der Waals surface area contributed by atoms with Gasteiger partial charge in [-0.15, -0.1) is 0 Å². The van der Waals surface area contributed by atoms with Crippen LogP contribution in [0.4, 0.5) is 11.4 Å². The molecule has 59 heavy (non-hydrogen) atoms. The van der Waals surface area contributed by atoms with Gasteiger partial charge in [0.25, 0.3) is 0 Å². The third kappa shape index (κ3) is 6.69. The van der Waals surface area contributed by atoms with Crippen LogP contribution >= 0.6 is 0 Å². The molecule has 0 N–H and O–H groups in total. The molecule has 0 aliphatic heterocycles. The number of benzene rings is 8. The number of nitrogens with zero attached hydrogens (tertiary/aromatic N) is 2. The largest absolute Gasteiger partial charge is 0.311 e. The molecule has 0 saturated heterocycles. The Morgan fingerprint density at radius 1 is 0.559 bits per heavy atom. The van der Waals surface area contributed by atoms with E-state index in [9.17, 15) is 0 Å². The molecule has 0 spiro atoms. The Hall–Kier alpha value is -7.42. The molecule has 1 aliphatic rings. The minimum Gasteiger partial charge on any atom is -0.311 e. The van der Waals surface area contributed by atoms with Crippen LogP contribution in [-0.4, -0.2) is 4.57 Å². The summed E-state index contributed by atoms with van der Waals surface area (Å²) in [5.41, 5.74) is 11.9. The minimum atomic E-state index is 0.351. The predicted molar refractivity (Wildman–Crippen MR) is 254 cm³/mol. The van der Waals surface area contributed by atoms with E-state index in [0.717, 1.165) is 23.5 Å². The highest BCUT2D eigenvalue weighted by Gasteiger charge is 2.19. The number of hydrogen-bond donors (Lipinski definition) is 0. The number of fused-ring (bicyclic) bond motifs is 5. The topological polar surface area (TPSA) is 8.17 Å². The molecule has 1 atom stereocenters. The second-order valence-corrected chi connectivity index (χ2v) is 15.2. The normalized spacial score (nSPS) is 14.5. The van der Waals surface area contributed by atoms with Crippen molar-refractivity contribution in [2.24, 2.45) is 0 Å². The lowest BCUT2D eigenvalue weighted by Gasteiger charge is -2.26. The fourth-order valence-electron chi connectivity index (χ4n) is 9.02. The van der Waals surface area contributed by atoms with Crippen molar-refractivity contribution in [3.8, 4) is 16.8 Å². The monoisotopic (exact) mass is 756 g/mol. The highest BCUT2D eigenvalue weighted by Crippen LogP contribution is 2.41. The third-order valence-corrected chi connectivity index (χ3v) is 11.7. The Morgan fingerprint density at radius 3 is 1.83 bits per heavy atom. The van der Waals surface area contributed by atoms with Gasteiger partial charge in [-0.3, -0.25) is 0 Å². The standard InChI is InChI=1S/C57H44N2/c1-2-19-44(26-18-32-48-49-27-12-14-30-52(49)57(42-20-6-3-7-21-42)53-31-15-13-28-50(48)53)58(45-22-8-4-9-23-45)47-37-34-41(35-38-47)43-36-39-56-54(40-43)51-29-16-17-33-55(51)59(56)46-24-10-5-11-25-46/h2-20,22-40,42H,21H2,1H3/b19-2-,32-18+,44-26+. The number of hydrogen-bond acceptors (Lipinski definition) is 1. The molecule has 0 saturated carbocycles. The Labute approximate surface area is 346 Å². The lowest BCUT2D eigenvalue weighted by Crippen LogP contribution is -2.15. The van der Waals surface area contributed by atoms with Gasteiger partial charge >= 0.3 is 0 Å². The number of aromatic nitrogens is 1. The fraction of sp³-hybridized carbons (Fsp3) is 0.0526. The van der Waals surface area contributed by atoms with Crippen molar-refractivity contribution in [3.63, 3.8) is 0 Å². The molecule has 1 unspecified atom stereocenters. The van der Waals surface area contributed by atoms with Crippen molar-refractivity contribution in [1.82, 2.24) is 4.57 Å². The van der Waals surface area contributed by atoms with Crippen LogP contribution < -0.4 is 4.90 Å². The van der Waals surface area contributed by atoms with Crippen LogP contribution in [0, 0.1) is 0 Å². The van der Waals surface area contributed by atoms with E-state index in [1.807, 2.05) is 0 Å². The van der Waals surface area contributed by atoms with Gasteiger partial charge in [-0.25, -0.2) is 0 Å². The summed E-state index contributed by atoms with van der Waals surface area (Å²) in [5.74, 6) is 0.351. The molecule has 2 nitrogen and oxygen atoms in total. The molecule has 8 aromatic carbocycles. The first-order chi connectivity index (χ1) is 29.3. The maximum absolute atomic E-state index is 2.37. The fourth-order valence-corrected chi connectivity index (χ4v) is 9.02. The Bertz CT molecular complexity index is 3060. The zero-order valence-corrected chi connectivity index (χ0v) is 33.1. The molecule has 2 heteroatoms. The summed E-state index contributed by atoms with van der Waals surface area (Å²) in [7, 11) is 0. The van der Waals surface area contributed by atoms with E-state index in [0.29, 0.717) is 5.92 Å². The Morgan fingerprint density at radius 2 is 1.15 bits per heavy atom. The first-order valence-electron chi connectivity index (χ1n) is 20.6. The predicted octanol–water partition coefficient (Wildman–Crippen LogP) is 15.7. The summed E-state index contributed by atoms with van der Waals surface area (Å²) < 4.78 is 2.37. The van der Waals surface area contributed by atoms with Gasteiger partial charge in [0.1, 0.15) is 0 Å². The summed E-state index contributed by atoms with van der Waals surface area (Å²) in [6.45, 7) is 2.09. The number of anilines is 2. The summed E-state index contributed by atoms with van der Waals surface area (Å²) in [6.07, 6.45) is 21.1. The number of para-hydroxylation sites is 3. The van der Waals surface area contributed by atoms with Crippen molar-refractivity contribution >= 4 is 60.8 Å². The first kappa shape index (κ1) is 36.0. The van der Waals surface area contributed by atoms with E-state index in [4.69, 9.17) is 0 Å². The quantitative estimate of drug-likeness (QED) is 0.105. The summed E-state index contributed by atoms with van der Waals surface area (Å²) >= 11 is 0. The maximum Gasteiger partial charge on any atom is 0.0541 e. The molecule has 1 aromatic heterocycles. The van der Waals surface area contributed by atoms with Gasteiger partial charge in [0.05, 0.1) is 11.0 Å². The van der Waals surface area contributed by atoms with Crippen LogP contribution in [0.25, 0.3) is 66.2 Å². The van der Waals surface area contributed by atoms with E-state index >= 15 is 0 Å². The SMILES string of the molecule is C\C=C/C(=C\C=C\c1c2ccccc2c(C2C=CC=CC2)c2ccccc12)N(c1ccccc1)c1ccc(-c2ccc3c(c2)c2ccccc2n3-c2ccccc2)cc1. The maximum atomic E-state index is 2.37. The van der Waals surface area contributed by atoms with Crippen molar-refractivity contribution in [3.05, 3.63) is 241 Å². The molecule has 0 amide bonds. The zero-order valence-electron chi connectivity index (χ0n) is 33.1. The minimum absolute atomic E-state index is 0.351. The highest BCUT2D eigenvalue weighted by atomic mass is 15.1. The molecule has 10 rings (SSSR count). The number of rotatable bonds is 9. The molecular formula is C57H44N2. The summed E-state index contributed by atoms with van der Waals surface area (Å²) in [4.78, 5) is 2.34. The van der Waals surface area contributed by atoms with Crippen LogP contribution in [0.2, 0.25) is 0 Å². The van der Waals surface area contributed by atoms with Gasteiger partial charge in [0.2, 0.25) is 0 Å². The van der Waals surface area contributed by atoms with Crippen LogP contribution in [0.5, 0.6) is 0 Å². The van der Waals surface area contributed by atoms with E-state index in [1.165, 1.54) is 71.3 Å². The van der Waals surface area contributed by atoms with Gasteiger partial charge in [-0.2, -0.15) is 0 Å². The van der Waals surface area contributed by atoms with Crippen LogP contribution in [0.3, 0.4) is 0 Å². The molecule has 9 aromatic rings. The van der Waals surface area contributed by atoms with Gasteiger partial charge in [-0.1, -0.05) is 164 Å². The smallest absolute Gasteiger partial charge is 0.0541 e. The first-order valence-corrected chi connectivity index (χ1v) is 20.6. The molecular weight excluding hydrogens is 713 g/mol. The molecule has 0 fully saturated rings. The van der Waals surface area contributed by atoms with Gasteiger partial charge in [0.15, 0.2) is 0 Å². The van der Waals surface area contributed by atoms with E-state index in [2.05, 4.69) is 247 Å². The Balaban J connectivity index is 1.04. The van der Waals surface area contributed by atoms with Crippen molar-refractivity contribution in [2.45, 2.75) is 19.3 Å². The van der Waals surface area contributed by atoms with E-state index in [-0.39, 0.29) is 0 Å². The highest BCUT2D eigenvalue weighted by molar-refractivity contribution is 6.11. The second-order valence-electron chi connectivity index (χ2n) is 15.2. The van der Waals surface area contributed by atoms with Crippen molar-refractivity contribution < 1.29 is 0 Å². The zero-order chi connectivity index (χ0) is 39.5. The molecule has 282 valence electrons. The van der Waals surface area contributed by atoms with Gasteiger partial charge < -0.3 is 9.47 Å². The van der Waals surface area contributed by atoms with Crippen molar-refractivity contribution in [1.29, 1.82) is 0 Å². The molecule has 0 bridgehead atoms. The van der Waals surface area contributed by atoms with Gasteiger partial charge in [0, 0.05) is 39.4 Å². The molecule has 1 aliphatic carbocycles. The molecule has 0 radical (unpaired) electrons. The van der Waals surface area contributed by atoms with Crippen LogP contribution in [0.15, 0.2) is 230 Å². The lowest BCUT2D eigenvalue weighted by atomic mass is 9.83. The Kier molecular flexibility index (Phi) is 9.66. The van der Waals surface area contributed by atoms with E-state index < -0.39 is 0 Å². The van der Waals surface area contributed by atoms with Gasteiger partial charge in [-0.05, 0) is 124 Å². The average molecular weight is 757 g/mol. The van der Waals surface area contributed by atoms with Crippen LogP contribution in [0.1, 0.15) is 30.4 Å². The third-order valence-electron chi connectivity index (χ3n) is 11.7. The summed E-state index contributed by atoms with van der Waals surface area (Å²) in [6, 6.07) is 63.7. The number of allylic oxidation sites excluding steroid dienone is 8. The lowest BCUT2D eigenvalue weighted by molar-refractivity contribution is 0.869. The van der Waals surface area contributed by atoms with Crippen molar-refractivity contribution in [2.75, 3.05) is 4.90 Å².